The Labute approximate surface area is 143 Å². The second kappa shape index (κ2) is 8.67. The molecule has 130 valence electrons. The average molecular weight is 329 g/mol. The van der Waals surface area contributed by atoms with E-state index < -0.39 is 0 Å². The minimum Gasteiger partial charge on any atom is -0.423 e. The number of fused-ring (bicyclic) bond motifs is 1. The van der Waals surface area contributed by atoms with Crippen LogP contribution in [0, 0.1) is 13.8 Å². The topological polar surface area (TPSA) is 59.3 Å². The molecule has 1 aromatic heterocycles. The van der Waals surface area contributed by atoms with Crippen LogP contribution in [0.4, 0.5) is 0 Å². The van der Waals surface area contributed by atoms with Crippen molar-refractivity contribution in [1.82, 2.24) is 5.32 Å². The summed E-state index contributed by atoms with van der Waals surface area (Å²) in [5, 5.41) is 3.86. The highest BCUT2D eigenvalue weighted by Gasteiger charge is 2.13. The fraction of sp³-hybridized carbons (Fsp3) is 0.500. The largest absolute Gasteiger partial charge is 0.423 e. The number of unbranched alkanes of at least 4 members (excludes halogenated alkanes) is 3. The number of carbonyl (C=O) groups is 1. The summed E-state index contributed by atoms with van der Waals surface area (Å²) in [5.41, 5.74) is 2.85. The van der Waals surface area contributed by atoms with E-state index in [1.807, 2.05) is 32.0 Å². The van der Waals surface area contributed by atoms with E-state index in [-0.39, 0.29) is 11.5 Å². The first kappa shape index (κ1) is 18.2. The number of aryl methyl sites for hydroxylation is 2. The van der Waals surface area contributed by atoms with E-state index in [1.54, 1.807) is 0 Å². The van der Waals surface area contributed by atoms with E-state index in [0.717, 1.165) is 29.4 Å². The second-order valence-corrected chi connectivity index (χ2v) is 6.40. The van der Waals surface area contributed by atoms with Gasteiger partial charge in [-0.3, -0.25) is 4.79 Å². The zero-order valence-corrected chi connectivity index (χ0v) is 14.9. The monoisotopic (exact) mass is 329 g/mol. The van der Waals surface area contributed by atoms with Crippen LogP contribution < -0.4 is 10.9 Å². The third-order valence-corrected chi connectivity index (χ3v) is 4.40. The molecule has 0 saturated carbocycles. The Morgan fingerprint density at radius 1 is 1.17 bits per heavy atom. The van der Waals surface area contributed by atoms with Crippen molar-refractivity contribution >= 4 is 16.9 Å². The number of carbonyl (C=O) groups excluding carboxylic acids is 1. The highest BCUT2D eigenvalue weighted by Crippen LogP contribution is 2.21. The SMILES string of the molecule is CCCCCCNC(=O)CCc1c(C)c2ccc(C)cc2oc1=O. The van der Waals surface area contributed by atoms with Gasteiger partial charge in [-0.05, 0) is 43.9 Å². The maximum Gasteiger partial charge on any atom is 0.339 e. The van der Waals surface area contributed by atoms with Crippen molar-refractivity contribution in [3.63, 3.8) is 0 Å². The lowest BCUT2D eigenvalue weighted by atomic mass is 10.0. The van der Waals surface area contributed by atoms with Gasteiger partial charge in [-0.15, -0.1) is 0 Å². The van der Waals surface area contributed by atoms with E-state index in [1.165, 1.54) is 12.8 Å². The van der Waals surface area contributed by atoms with Crippen LogP contribution in [-0.4, -0.2) is 12.5 Å². The Bertz CT molecular complexity index is 761. The van der Waals surface area contributed by atoms with Gasteiger partial charge in [0.25, 0.3) is 0 Å². The van der Waals surface area contributed by atoms with Gasteiger partial charge in [-0.1, -0.05) is 38.3 Å². The fourth-order valence-corrected chi connectivity index (χ4v) is 2.90. The average Bonchev–Trinajstić information content (AvgIpc) is 2.54. The zero-order chi connectivity index (χ0) is 17.5. The molecule has 0 bridgehead atoms. The molecule has 0 spiro atoms. The normalized spacial score (nSPS) is 11.0. The summed E-state index contributed by atoms with van der Waals surface area (Å²) in [5.74, 6) is -0.00528. The van der Waals surface area contributed by atoms with E-state index in [9.17, 15) is 9.59 Å². The number of hydrogen-bond donors (Lipinski definition) is 1. The molecule has 4 nitrogen and oxygen atoms in total. The van der Waals surface area contributed by atoms with E-state index in [0.29, 0.717) is 30.5 Å². The van der Waals surface area contributed by atoms with Gasteiger partial charge >= 0.3 is 5.63 Å². The summed E-state index contributed by atoms with van der Waals surface area (Å²) in [6, 6.07) is 5.85. The molecular weight excluding hydrogens is 302 g/mol. The van der Waals surface area contributed by atoms with Gasteiger partial charge in [0.2, 0.25) is 5.91 Å². The van der Waals surface area contributed by atoms with Crippen LogP contribution in [0.25, 0.3) is 11.0 Å². The minimum atomic E-state index is -0.332. The Morgan fingerprint density at radius 3 is 2.71 bits per heavy atom. The number of rotatable bonds is 8. The molecule has 4 heteroatoms. The molecule has 2 aromatic rings. The molecule has 2 rings (SSSR count). The molecule has 1 heterocycles. The van der Waals surface area contributed by atoms with Gasteiger partial charge in [-0.2, -0.15) is 0 Å². The first-order chi connectivity index (χ1) is 11.5. The third-order valence-electron chi connectivity index (χ3n) is 4.40. The first-order valence-electron chi connectivity index (χ1n) is 8.82. The first-order valence-corrected chi connectivity index (χ1v) is 8.82. The van der Waals surface area contributed by atoms with Crippen molar-refractivity contribution in [2.75, 3.05) is 6.54 Å². The standard InChI is InChI=1S/C20H27NO3/c1-4-5-6-7-12-21-19(22)11-10-17-15(3)16-9-8-14(2)13-18(16)24-20(17)23/h8-9,13H,4-7,10-12H2,1-3H3,(H,21,22). The molecule has 0 aliphatic rings. The van der Waals surface area contributed by atoms with Gasteiger partial charge in [0.1, 0.15) is 5.58 Å². The summed E-state index contributed by atoms with van der Waals surface area (Å²) in [4.78, 5) is 24.1. The second-order valence-electron chi connectivity index (χ2n) is 6.40. The van der Waals surface area contributed by atoms with Crippen molar-refractivity contribution < 1.29 is 9.21 Å². The summed E-state index contributed by atoms with van der Waals surface area (Å²) < 4.78 is 5.42. The van der Waals surface area contributed by atoms with Crippen LogP contribution in [0.15, 0.2) is 27.4 Å². The molecule has 0 saturated heterocycles. The predicted octanol–water partition coefficient (Wildman–Crippen LogP) is 4.04. The summed E-state index contributed by atoms with van der Waals surface area (Å²) in [6.07, 6.45) is 5.27. The van der Waals surface area contributed by atoms with Crippen LogP contribution in [0.2, 0.25) is 0 Å². The van der Waals surface area contributed by atoms with Crippen molar-refractivity contribution in [3.05, 3.63) is 45.3 Å². The minimum absolute atomic E-state index is 0.00528. The lowest BCUT2D eigenvalue weighted by molar-refractivity contribution is -0.121. The van der Waals surface area contributed by atoms with Gasteiger partial charge in [0.15, 0.2) is 0 Å². The van der Waals surface area contributed by atoms with Gasteiger partial charge < -0.3 is 9.73 Å². The smallest absolute Gasteiger partial charge is 0.339 e. The third kappa shape index (κ3) is 4.70. The summed E-state index contributed by atoms with van der Waals surface area (Å²) in [7, 11) is 0. The summed E-state index contributed by atoms with van der Waals surface area (Å²) >= 11 is 0. The van der Waals surface area contributed by atoms with Gasteiger partial charge in [-0.25, -0.2) is 4.79 Å². The molecule has 0 radical (unpaired) electrons. The predicted molar refractivity (Wildman–Crippen MR) is 97.4 cm³/mol. The van der Waals surface area contributed by atoms with Crippen molar-refractivity contribution in [3.8, 4) is 0 Å². The maximum absolute atomic E-state index is 12.2. The zero-order valence-electron chi connectivity index (χ0n) is 14.9. The number of hydrogen-bond acceptors (Lipinski definition) is 3. The molecule has 0 unspecified atom stereocenters. The lowest BCUT2D eigenvalue weighted by Crippen LogP contribution is -2.25. The van der Waals surface area contributed by atoms with Crippen LogP contribution in [0.5, 0.6) is 0 Å². The van der Waals surface area contributed by atoms with Gasteiger partial charge in [0.05, 0.1) is 0 Å². The lowest BCUT2D eigenvalue weighted by Gasteiger charge is -2.09. The van der Waals surface area contributed by atoms with Crippen LogP contribution in [0.1, 0.15) is 55.7 Å². The molecule has 0 fully saturated rings. The number of amides is 1. The number of nitrogens with one attached hydrogen (secondary N) is 1. The van der Waals surface area contributed by atoms with E-state index >= 15 is 0 Å². The molecule has 0 aliphatic carbocycles. The molecule has 0 aliphatic heterocycles. The Morgan fingerprint density at radius 2 is 1.96 bits per heavy atom. The van der Waals surface area contributed by atoms with Crippen LogP contribution in [0.3, 0.4) is 0 Å². The number of benzene rings is 1. The molecule has 24 heavy (non-hydrogen) atoms. The Kier molecular flexibility index (Phi) is 6.59. The van der Waals surface area contributed by atoms with Gasteiger partial charge in [0, 0.05) is 23.9 Å². The maximum atomic E-state index is 12.2. The highest BCUT2D eigenvalue weighted by atomic mass is 16.4. The molecular formula is C20H27NO3. The fourth-order valence-electron chi connectivity index (χ4n) is 2.90. The van der Waals surface area contributed by atoms with E-state index in [4.69, 9.17) is 4.42 Å². The van der Waals surface area contributed by atoms with Crippen molar-refractivity contribution in [2.45, 2.75) is 59.3 Å². The molecule has 1 N–H and O–H groups in total. The van der Waals surface area contributed by atoms with Crippen LogP contribution in [-0.2, 0) is 11.2 Å². The molecule has 1 amide bonds. The Hall–Kier alpha value is -2.10. The molecule has 0 atom stereocenters. The quantitative estimate of drug-likeness (QED) is 0.587. The van der Waals surface area contributed by atoms with E-state index in [2.05, 4.69) is 12.2 Å². The van der Waals surface area contributed by atoms with Crippen molar-refractivity contribution in [2.24, 2.45) is 0 Å². The highest BCUT2D eigenvalue weighted by molar-refractivity contribution is 5.82. The molecule has 1 aromatic carbocycles. The summed E-state index contributed by atoms with van der Waals surface area (Å²) in [6.45, 7) is 6.76. The van der Waals surface area contributed by atoms with Crippen LogP contribution >= 0.6 is 0 Å². The Balaban J connectivity index is 1.99. The van der Waals surface area contributed by atoms with Crippen molar-refractivity contribution in [1.29, 1.82) is 0 Å².